The Bertz CT molecular complexity index is 1600. The lowest BCUT2D eigenvalue weighted by Gasteiger charge is -2.15. The van der Waals surface area contributed by atoms with E-state index in [0.717, 1.165) is 39.0 Å². The smallest absolute Gasteiger partial charge is 0.274 e. The molecule has 34 heavy (non-hydrogen) atoms. The molecule has 2 aromatic carbocycles. The van der Waals surface area contributed by atoms with Crippen LogP contribution in [0.3, 0.4) is 0 Å². The largest absolute Gasteiger partial charge is 0.457 e. The molecule has 0 radical (unpaired) electrons. The van der Waals surface area contributed by atoms with Crippen molar-refractivity contribution in [1.82, 2.24) is 19.7 Å². The summed E-state index contributed by atoms with van der Waals surface area (Å²) >= 11 is 6.18. The van der Waals surface area contributed by atoms with Crippen molar-refractivity contribution < 1.29 is 9.15 Å². The highest BCUT2D eigenvalue weighted by Crippen LogP contribution is 2.36. The third-order valence-corrected chi connectivity index (χ3v) is 5.95. The first-order chi connectivity index (χ1) is 16.2. The zero-order chi connectivity index (χ0) is 24.1. The quantitative estimate of drug-likeness (QED) is 0.332. The summed E-state index contributed by atoms with van der Waals surface area (Å²) in [6.45, 7) is 7.69. The molecular weight excluding hydrogens is 452 g/mol. The minimum atomic E-state index is -0.141. The van der Waals surface area contributed by atoms with E-state index >= 15 is 0 Å². The van der Waals surface area contributed by atoms with Gasteiger partial charge in [-0.1, -0.05) is 17.7 Å². The van der Waals surface area contributed by atoms with Crippen LogP contribution >= 0.6 is 11.6 Å². The van der Waals surface area contributed by atoms with Crippen LogP contribution in [0.4, 0.5) is 0 Å². The summed E-state index contributed by atoms with van der Waals surface area (Å²) in [6, 6.07) is 11.7. The third kappa shape index (κ3) is 3.88. The van der Waals surface area contributed by atoms with E-state index in [1.54, 1.807) is 18.5 Å². The van der Waals surface area contributed by atoms with Crippen LogP contribution in [-0.2, 0) is 7.05 Å². The average Bonchev–Trinajstić information content (AvgIpc) is 3.39. The number of ether oxygens (including phenoxy) is 1. The van der Waals surface area contributed by atoms with Crippen LogP contribution < -0.4 is 10.3 Å². The van der Waals surface area contributed by atoms with E-state index in [0.29, 0.717) is 33.8 Å². The first kappa shape index (κ1) is 22.0. The van der Waals surface area contributed by atoms with Crippen molar-refractivity contribution in [2.45, 2.75) is 27.7 Å². The number of H-pyrrole nitrogens is 1. The summed E-state index contributed by atoms with van der Waals surface area (Å²) in [5.41, 5.74) is 5.68. The van der Waals surface area contributed by atoms with Crippen LogP contribution in [0.5, 0.6) is 11.5 Å². The fourth-order valence-electron chi connectivity index (χ4n) is 4.22. The molecule has 3 heterocycles. The van der Waals surface area contributed by atoms with Gasteiger partial charge in [-0.2, -0.15) is 0 Å². The van der Waals surface area contributed by atoms with Gasteiger partial charge in [-0.3, -0.25) is 4.79 Å². The van der Waals surface area contributed by atoms with Crippen molar-refractivity contribution in [3.63, 3.8) is 0 Å². The molecule has 0 bridgehead atoms. The van der Waals surface area contributed by atoms with Gasteiger partial charge in [0, 0.05) is 36.1 Å². The SMILES string of the molecule is Cc1cc(Oc2c(C)cc(Cl)cc2C)cc(-c2cn(C)c(=O)c3[nH]c(-c4nnc(C)o4)cc23)c1. The lowest BCUT2D eigenvalue weighted by molar-refractivity contribution is 0.475. The van der Waals surface area contributed by atoms with Crippen molar-refractivity contribution in [1.29, 1.82) is 0 Å². The lowest BCUT2D eigenvalue weighted by Crippen LogP contribution is -2.16. The molecule has 0 aliphatic heterocycles. The highest BCUT2D eigenvalue weighted by atomic mass is 35.5. The van der Waals surface area contributed by atoms with Crippen molar-refractivity contribution in [2.75, 3.05) is 0 Å². The topological polar surface area (TPSA) is 85.9 Å². The van der Waals surface area contributed by atoms with E-state index in [-0.39, 0.29) is 5.56 Å². The van der Waals surface area contributed by atoms with Gasteiger partial charge in [0.25, 0.3) is 11.4 Å². The molecule has 0 unspecified atom stereocenters. The molecule has 0 fully saturated rings. The van der Waals surface area contributed by atoms with Crippen molar-refractivity contribution in [3.8, 4) is 34.2 Å². The van der Waals surface area contributed by atoms with E-state index < -0.39 is 0 Å². The first-order valence-electron chi connectivity index (χ1n) is 10.8. The molecule has 5 aromatic rings. The Morgan fingerprint density at radius 3 is 2.41 bits per heavy atom. The molecular formula is C26H23ClN4O3. The van der Waals surface area contributed by atoms with Gasteiger partial charge in [0.05, 0.1) is 0 Å². The number of halogens is 1. The summed E-state index contributed by atoms with van der Waals surface area (Å²) in [7, 11) is 1.73. The van der Waals surface area contributed by atoms with Crippen LogP contribution in [-0.4, -0.2) is 19.7 Å². The zero-order valence-electron chi connectivity index (χ0n) is 19.5. The summed E-state index contributed by atoms with van der Waals surface area (Å²) in [5.74, 6) is 2.27. The van der Waals surface area contributed by atoms with E-state index in [9.17, 15) is 4.79 Å². The molecule has 0 atom stereocenters. The maximum absolute atomic E-state index is 12.9. The summed E-state index contributed by atoms with van der Waals surface area (Å²) in [5, 5.41) is 9.42. The molecule has 0 aliphatic rings. The Morgan fingerprint density at radius 2 is 1.74 bits per heavy atom. The number of aromatic amines is 1. The number of nitrogens with zero attached hydrogens (tertiary/aromatic N) is 3. The van der Waals surface area contributed by atoms with Gasteiger partial charge in [0.2, 0.25) is 5.89 Å². The number of hydrogen-bond acceptors (Lipinski definition) is 5. The van der Waals surface area contributed by atoms with E-state index in [1.165, 1.54) is 0 Å². The predicted octanol–water partition coefficient (Wildman–Crippen LogP) is 6.26. The maximum Gasteiger partial charge on any atom is 0.274 e. The molecule has 0 amide bonds. The van der Waals surface area contributed by atoms with Crippen molar-refractivity contribution in [3.05, 3.63) is 80.6 Å². The molecule has 0 saturated heterocycles. The van der Waals surface area contributed by atoms with E-state index in [2.05, 4.69) is 21.2 Å². The fraction of sp³-hybridized carbons (Fsp3) is 0.192. The summed E-state index contributed by atoms with van der Waals surface area (Å²) < 4.78 is 13.4. The number of fused-ring (bicyclic) bond motifs is 1. The minimum absolute atomic E-state index is 0.141. The Labute approximate surface area is 201 Å². The Morgan fingerprint density at radius 1 is 1.00 bits per heavy atom. The monoisotopic (exact) mass is 474 g/mol. The normalized spacial score (nSPS) is 11.4. The number of rotatable bonds is 4. The minimum Gasteiger partial charge on any atom is -0.457 e. The molecule has 8 heteroatoms. The average molecular weight is 475 g/mol. The Hall–Kier alpha value is -3.84. The van der Waals surface area contributed by atoms with Gasteiger partial charge >= 0.3 is 0 Å². The molecule has 172 valence electrons. The van der Waals surface area contributed by atoms with Gasteiger partial charge in [-0.25, -0.2) is 0 Å². The van der Waals surface area contributed by atoms with Crippen molar-refractivity contribution in [2.24, 2.45) is 7.05 Å². The highest BCUT2D eigenvalue weighted by Gasteiger charge is 2.17. The van der Waals surface area contributed by atoms with Crippen molar-refractivity contribution >= 4 is 22.5 Å². The second kappa shape index (κ2) is 8.18. The van der Waals surface area contributed by atoms with E-state index in [1.807, 2.05) is 57.3 Å². The maximum atomic E-state index is 12.9. The highest BCUT2D eigenvalue weighted by molar-refractivity contribution is 6.30. The van der Waals surface area contributed by atoms with E-state index in [4.69, 9.17) is 20.8 Å². The zero-order valence-corrected chi connectivity index (χ0v) is 20.2. The second-order valence-electron chi connectivity index (χ2n) is 8.56. The molecule has 7 nitrogen and oxygen atoms in total. The first-order valence-corrected chi connectivity index (χ1v) is 11.2. The number of pyridine rings is 1. The number of nitrogens with one attached hydrogen (secondary N) is 1. The van der Waals surface area contributed by atoms with Gasteiger partial charge in [0.1, 0.15) is 22.7 Å². The van der Waals surface area contributed by atoms with Crippen LogP contribution in [0.25, 0.3) is 33.6 Å². The van der Waals surface area contributed by atoms with Crippen LogP contribution in [0.2, 0.25) is 5.02 Å². The number of hydrogen-bond donors (Lipinski definition) is 1. The lowest BCUT2D eigenvalue weighted by atomic mass is 10.0. The Kier molecular flexibility index (Phi) is 5.29. The molecule has 3 aromatic heterocycles. The summed E-state index contributed by atoms with van der Waals surface area (Å²) in [6.07, 6.45) is 1.83. The number of aryl methyl sites for hydroxylation is 5. The van der Waals surface area contributed by atoms with Gasteiger partial charge in [-0.05, 0) is 73.4 Å². The molecule has 0 spiro atoms. The van der Waals surface area contributed by atoms with Gasteiger partial charge < -0.3 is 18.7 Å². The third-order valence-electron chi connectivity index (χ3n) is 5.73. The molecule has 0 aliphatic carbocycles. The second-order valence-corrected chi connectivity index (χ2v) is 9.00. The van der Waals surface area contributed by atoms with Crippen LogP contribution in [0.15, 0.2) is 51.8 Å². The molecule has 5 rings (SSSR count). The Balaban J connectivity index is 1.66. The molecule has 1 N–H and O–H groups in total. The molecule has 0 saturated carbocycles. The van der Waals surface area contributed by atoms with Gasteiger partial charge in [0.15, 0.2) is 0 Å². The number of aromatic nitrogens is 4. The van der Waals surface area contributed by atoms with Gasteiger partial charge in [-0.15, -0.1) is 10.2 Å². The fourth-order valence-corrected chi connectivity index (χ4v) is 4.55. The predicted molar refractivity (Wildman–Crippen MR) is 133 cm³/mol. The summed E-state index contributed by atoms with van der Waals surface area (Å²) in [4.78, 5) is 16.0. The van der Waals surface area contributed by atoms with Crippen LogP contribution in [0, 0.1) is 27.7 Å². The van der Waals surface area contributed by atoms with Crippen LogP contribution in [0.1, 0.15) is 22.6 Å². The standard InChI is InChI=1S/C26H23ClN4O3/c1-13-6-17(10-19(7-13)34-24-14(2)8-18(27)9-15(24)3)21-12-31(5)26(32)23-20(21)11-22(28-23)25-30-29-16(4)33-25/h6-12,28H,1-5H3. The number of benzene rings is 2.